The zero-order valence-corrected chi connectivity index (χ0v) is 12.1. The number of nitrogens with one attached hydrogen (secondary N) is 1. The van der Waals surface area contributed by atoms with Crippen LogP contribution in [0.4, 0.5) is 17.1 Å². The maximum absolute atomic E-state index is 11.1. The van der Waals surface area contributed by atoms with Gasteiger partial charge in [0, 0.05) is 49.7 Å². The van der Waals surface area contributed by atoms with Crippen molar-refractivity contribution in [3.63, 3.8) is 0 Å². The summed E-state index contributed by atoms with van der Waals surface area (Å²) in [4.78, 5) is 15.3. The minimum absolute atomic E-state index is 0.149. The zero-order valence-electron chi connectivity index (χ0n) is 12.1. The van der Waals surface area contributed by atoms with Gasteiger partial charge in [-0.15, -0.1) is 0 Å². The van der Waals surface area contributed by atoms with Crippen LogP contribution in [0.25, 0.3) is 0 Å². The maximum Gasteiger partial charge on any atom is 0.273 e. The van der Waals surface area contributed by atoms with E-state index in [1.54, 1.807) is 12.1 Å². The number of benzene rings is 1. The molecular formula is C14H22N4O2. The smallest absolute Gasteiger partial charge is 0.273 e. The molecule has 1 aliphatic heterocycles. The van der Waals surface area contributed by atoms with Crippen LogP contribution in [0, 0.1) is 10.1 Å². The molecule has 6 heteroatoms. The van der Waals surface area contributed by atoms with Crippen LogP contribution < -0.4 is 10.2 Å². The van der Waals surface area contributed by atoms with Gasteiger partial charge in [-0.1, -0.05) is 0 Å². The maximum atomic E-state index is 11.1. The van der Waals surface area contributed by atoms with Crippen LogP contribution >= 0.6 is 0 Å². The Morgan fingerprint density at radius 3 is 2.75 bits per heavy atom. The van der Waals surface area contributed by atoms with Crippen LogP contribution in [0.15, 0.2) is 18.2 Å². The second-order valence-corrected chi connectivity index (χ2v) is 5.17. The number of non-ortho nitro benzene ring substituents is 1. The number of hydrogen-bond donors (Lipinski definition) is 1. The second-order valence-electron chi connectivity index (χ2n) is 5.17. The molecule has 110 valence electrons. The van der Waals surface area contributed by atoms with E-state index in [1.807, 2.05) is 13.0 Å². The van der Waals surface area contributed by atoms with Gasteiger partial charge in [0.05, 0.1) is 4.92 Å². The van der Waals surface area contributed by atoms with Gasteiger partial charge in [-0.05, 0) is 33.0 Å². The highest BCUT2D eigenvalue weighted by atomic mass is 16.6. The van der Waals surface area contributed by atoms with Crippen molar-refractivity contribution >= 4 is 17.1 Å². The molecule has 20 heavy (non-hydrogen) atoms. The normalized spacial score (nSPS) is 16.8. The summed E-state index contributed by atoms with van der Waals surface area (Å²) < 4.78 is 0. The standard InChI is InChI=1S/C14H22N4O2/c1-3-15-12-9-13(11-14(10-12)18(19)20)17-6-4-5-16(2)7-8-17/h9-11,15H,3-8H2,1-2H3. The Kier molecular flexibility index (Phi) is 4.79. The number of nitrogens with zero attached hydrogens (tertiary/aromatic N) is 3. The molecule has 0 saturated carbocycles. The molecule has 0 unspecified atom stereocenters. The summed E-state index contributed by atoms with van der Waals surface area (Å²) in [6.45, 7) is 6.65. The molecule has 1 N–H and O–H groups in total. The first kappa shape index (κ1) is 14.6. The van der Waals surface area contributed by atoms with E-state index in [1.165, 1.54) is 0 Å². The summed E-state index contributed by atoms with van der Waals surface area (Å²) in [7, 11) is 2.11. The third-order valence-corrected chi connectivity index (χ3v) is 3.58. The third kappa shape index (κ3) is 3.60. The highest BCUT2D eigenvalue weighted by Gasteiger charge is 2.16. The molecule has 0 bridgehead atoms. The third-order valence-electron chi connectivity index (χ3n) is 3.58. The van der Waals surface area contributed by atoms with E-state index in [4.69, 9.17) is 0 Å². The molecule has 1 saturated heterocycles. The average molecular weight is 278 g/mol. The first-order valence-electron chi connectivity index (χ1n) is 7.07. The lowest BCUT2D eigenvalue weighted by Crippen LogP contribution is -2.28. The Morgan fingerprint density at radius 2 is 2.05 bits per heavy atom. The summed E-state index contributed by atoms with van der Waals surface area (Å²) in [5, 5.41) is 14.2. The molecule has 6 nitrogen and oxygen atoms in total. The Balaban J connectivity index is 2.26. The fourth-order valence-electron chi connectivity index (χ4n) is 2.49. The summed E-state index contributed by atoms with van der Waals surface area (Å²) in [6, 6.07) is 5.27. The molecule has 2 rings (SSSR count). The molecule has 0 radical (unpaired) electrons. The largest absolute Gasteiger partial charge is 0.385 e. The molecular weight excluding hydrogens is 256 g/mol. The summed E-state index contributed by atoms with van der Waals surface area (Å²) >= 11 is 0. The van der Waals surface area contributed by atoms with Crippen LogP contribution in [0.5, 0.6) is 0 Å². The predicted molar refractivity (Wildman–Crippen MR) is 81.6 cm³/mol. The highest BCUT2D eigenvalue weighted by molar-refractivity contribution is 5.64. The topological polar surface area (TPSA) is 61.6 Å². The second kappa shape index (κ2) is 6.56. The Labute approximate surface area is 119 Å². The number of rotatable bonds is 4. The van der Waals surface area contributed by atoms with Crippen molar-refractivity contribution in [2.24, 2.45) is 0 Å². The summed E-state index contributed by atoms with van der Waals surface area (Å²) in [6.07, 6.45) is 1.08. The minimum Gasteiger partial charge on any atom is -0.385 e. The van der Waals surface area contributed by atoms with Crippen LogP contribution in [0.3, 0.4) is 0 Å². The van der Waals surface area contributed by atoms with E-state index in [9.17, 15) is 10.1 Å². The molecule has 0 aromatic heterocycles. The van der Waals surface area contributed by atoms with Gasteiger partial charge >= 0.3 is 0 Å². The molecule has 0 aliphatic carbocycles. The van der Waals surface area contributed by atoms with Crippen molar-refractivity contribution in [2.75, 3.05) is 50.0 Å². The number of likely N-dealkylation sites (N-methyl/N-ethyl adjacent to an activating group) is 1. The van der Waals surface area contributed by atoms with Crippen molar-refractivity contribution < 1.29 is 4.92 Å². The monoisotopic (exact) mass is 278 g/mol. The Morgan fingerprint density at radius 1 is 1.25 bits per heavy atom. The van der Waals surface area contributed by atoms with Gasteiger partial charge in [0.15, 0.2) is 0 Å². The molecule has 1 aromatic carbocycles. The molecule has 1 aromatic rings. The van der Waals surface area contributed by atoms with E-state index in [-0.39, 0.29) is 10.6 Å². The van der Waals surface area contributed by atoms with Crippen molar-refractivity contribution in [3.05, 3.63) is 28.3 Å². The van der Waals surface area contributed by atoms with Gasteiger partial charge in [-0.25, -0.2) is 0 Å². The van der Waals surface area contributed by atoms with Crippen molar-refractivity contribution in [2.45, 2.75) is 13.3 Å². The van der Waals surface area contributed by atoms with Gasteiger partial charge < -0.3 is 15.1 Å². The average Bonchev–Trinajstić information content (AvgIpc) is 2.63. The molecule has 1 heterocycles. The van der Waals surface area contributed by atoms with Gasteiger partial charge in [0.2, 0.25) is 0 Å². The van der Waals surface area contributed by atoms with Crippen LogP contribution in [0.1, 0.15) is 13.3 Å². The first-order valence-corrected chi connectivity index (χ1v) is 7.07. The van der Waals surface area contributed by atoms with Gasteiger partial charge in [-0.3, -0.25) is 10.1 Å². The molecule has 1 fully saturated rings. The van der Waals surface area contributed by atoms with E-state index >= 15 is 0 Å². The lowest BCUT2D eigenvalue weighted by atomic mass is 10.2. The lowest BCUT2D eigenvalue weighted by Gasteiger charge is -2.23. The predicted octanol–water partition coefficient (Wildman–Crippen LogP) is 2.17. The first-order chi connectivity index (χ1) is 9.60. The number of nitro groups is 1. The quantitative estimate of drug-likeness (QED) is 0.675. The van der Waals surface area contributed by atoms with Gasteiger partial charge in [0.1, 0.15) is 0 Å². The van der Waals surface area contributed by atoms with E-state index in [0.29, 0.717) is 0 Å². The van der Waals surface area contributed by atoms with Crippen LogP contribution in [-0.2, 0) is 0 Å². The van der Waals surface area contributed by atoms with Crippen LogP contribution in [0.2, 0.25) is 0 Å². The number of anilines is 2. The Hall–Kier alpha value is -1.82. The van der Waals surface area contributed by atoms with Crippen molar-refractivity contribution in [3.8, 4) is 0 Å². The van der Waals surface area contributed by atoms with E-state index in [0.717, 1.165) is 50.5 Å². The fourth-order valence-corrected chi connectivity index (χ4v) is 2.49. The van der Waals surface area contributed by atoms with Gasteiger partial charge in [-0.2, -0.15) is 0 Å². The Bertz CT molecular complexity index is 478. The van der Waals surface area contributed by atoms with E-state index in [2.05, 4.69) is 22.2 Å². The number of hydrogen-bond acceptors (Lipinski definition) is 5. The molecule has 0 spiro atoms. The van der Waals surface area contributed by atoms with Crippen molar-refractivity contribution in [1.82, 2.24) is 4.90 Å². The van der Waals surface area contributed by atoms with E-state index < -0.39 is 0 Å². The van der Waals surface area contributed by atoms with Crippen molar-refractivity contribution in [1.29, 1.82) is 0 Å². The highest BCUT2D eigenvalue weighted by Crippen LogP contribution is 2.27. The SMILES string of the molecule is CCNc1cc(N2CCCN(C)CC2)cc([N+](=O)[O-])c1. The van der Waals surface area contributed by atoms with Crippen LogP contribution in [-0.4, -0.2) is 49.6 Å². The molecule has 0 amide bonds. The lowest BCUT2D eigenvalue weighted by molar-refractivity contribution is -0.384. The fraction of sp³-hybridized carbons (Fsp3) is 0.571. The summed E-state index contributed by atoms with van der Waals surface area (Å²) in [5.74, 6) is 0. The molecule has 0 atom stereocenters. The minimum atomic E-state index is -0.325. The molecule has 1 aliphatic rings. The summed E-state index contributed by atoms with van der Waals surface area (Å²) in [5.41, 5.74) is 1.90. The zero-order chi connectivity index (χ0) is 14.5. The number of nitro benzene ring substituents is 1. The van der Waals surface area contributed by atoms with Gasteiger partial charge in [0.25, 0.3) is 5.69 Å².